The molecule has 0 radical (unpaired) electrons. The summed E-state index contributed by atoms with van der Waals surface area (Å²) >= 11 is 0. The molecule has 3 rings (SSSR count). The number of nitrogens with zero attached hydrogens (tertiary/aromatic N) is 3. The Morgan fingerprint density at radius 2 is 2.27 bits per heavy atom. The van der Waals surface area contributed by atoms with Crippen molar-refractivity contribution < 1.29 is 4.74 Å². The fourth-order valence-electron chi connectivity index (χ4n) is 3.00. The Kier molecular flexibility index (Phi) is 4.55. The summed E-state index contributed by atoms with van der Waals surface area (Å²) in [6, 6.07) is 5.94. The lowest BCUT2D eigenvalue weighted by Crippen LogP contribution is -2.32. The molecule has 0 bridgehead atoms. The van der Waals surface area contributed by atoms with Crippen LogP contribution in [0, 0.1) is 5.92 Å². The van der Waals surface area contributed by atoms with E-state index in [0.717, 1.165) is 31.6 Å². The third kappa shape index (κ3) is 3.20. The average molecular weight is 301 g/mol. The highest BCUT2D eigenvalue weighted by atomic mass is 16.5. The second kappa shape index (κ2) is 6.58. The molecule has 1 aromatic heterocycles. The van der Waals surface area contributed by atoms with Gasteiger partial charge in [-0.2, -0.15) is 0 Å². The van der Waals surface area contributed by atoms with E-state index in [2.05, 4.69) is 23.9 Å². The number of hydrogen-bond donors (Lipinski definition) is 0. The number of aryl methyl sites for hydroxylation is 1. The predicted molar refractivity (Wildman–Crippen MR) is 87.2 cm³/mol. The normalized spacial score (nSPS) is 20.2. The number of rotatable bonds is 3. The van der Waals surface area contributed by atoms with Crippen molar-refractivity contribution in [2.75, 3.05) is 33.4 Å². The molecular formula is C17H23N3O2. The van der Waals surface area contributed by atoms with Crippen LogP contribution in [0.3, 0.4) is 0 Å². The van der Waals surface area contributed by atoms with Gasteiger partial charge in [0.15, 0.2) is 0 Å². The Balaban J connectivity index is 1.90. The topological polar surface area (TPSA) is 47.4 Å². The van der Waals surface area contributed by atoms with E-state index in [1.807, 2.05) is 18.2 Å². The molecule has 0 aliphatic carbocycles. The first kappa shape index (κ1) is 15.2. The third-order valence-electron chi connectivity index (χ3n) is 4.29. The van der Waals surface area contributed by atoms with Gasteiger partial charge in [0.25, 0.3) is 5.56 Å². The lowest BCUT2D eigenvalue weighted by molar-refractivity contribution is 0.117. The molecule has 22 heavy (non-hydrogen) atoms. The molecule has 0 amide bonds. The van der Waals surface area contributed by atoms with Gasteiger partial charge in [-0.3, -0.25) is 9.36 Å². The molecule has 2 aromatic rings. The Morgan fingerprint density at radius 1 is 1.41 bits per heavy atom. The van der Waals surface area contributed by atoms with Crippen molar-refractivity contribution in [2.24, 2.45) is 5.92 Å². The second-order valence-electron chi connectivity index (χ2n) is 6.11. The summed E-state index contributed by atoms with van der Waals surface area (Å²) in [6.07, 6.45) is 2.59. The Bertz CT molecular complexity index is 711. The van der Waals surface area contributed by atoms with Gasteiger partial charge in [0.2, 0.25) is 0 Å². The summed E-state index contributed by atoms with van der Waals surface area (Å²) in [5.41, 5.74) is 1.99. The van der Waals surface area contributed by atoms with Crippen LogP contribution < -0.4 is 5.56 Å². The predicted octanol–water partition coefficient (Wildman–Crippen LogP) is 1.54. The lowest BCUT2D eigenvalue weighted by atomic mass is 10.1. The molecule has 0 spiro atoms. The van der Waals surface area contributed by atoms with Gasteiger partial charge in [0, 0.05) is 25.6 Å². The molecule has 0 unspecified atom stereocenters. The number of ether oxygens (including phenoxy) is 1. The smallest absolute Gasteiger partial charge is 0.261 e. The maximum absolute atomic E-state index is 12.7. The molecule has 1 fully saturated rings. The van der Waals surface area contributed by atoms with Crippen molar-refractivity contribution in [3.05, 3.63) is 40.4 Å². The summed E-state index contributed by atoms with van der Waals surface area (Å²) in [6.45, 7) is 6.10. The molecule has 1 aliphatic heterocycles. The first-order valence-electron chi connectivity index (χ1n) is 7.91. The molecule has 5 heteroatoms. The number of benzene rings is 1. The summed E-state index contributed by atoms with van der Waals surface area (Å²) < 4.78 is 7.37. The van der Waals surface area contributed by atoms with Crippen molar-refractivity contribution >= 4 is 10.9 Å². The molecule has 5 nitrogen and oxygen atoms in total. The van der Waals surface area contributed by atoms with Gasteiger partial charge in [0.1, 0.15) is 0 Å². The van der Waals surface area contributed by atoms with Gasteiger partial charge in [-0.05, 0) is 31.2 Å². The first-order valence-corrected chi connectivity index (χ1v) is 7.91. The summed E-state index contributed by atoms with van der Waals surface area (Å²) in [5, 5.41) is 0.713. The molecule has 2 heterocycles. The molecule has 1 saturated heterocycles. The second-order valence-corrected chi connectivity index (χ2v) is 6.11. The molecule has 1 aliphatic rings. The highest BCUT2D eigenvalue weighted by molar-refractivity contribution is 5.78. The Morgan fingerprint density at radius 3 is 3.09 bits per heavy atom. The Labute approximate surface area is 130 Å². The quantitative estimate of drug-likeness (QED) is 0.863. The van der Waals surface area contributed by atoms with Crippen LogP contribution in [-0.4, -0.2) is 47.8 Å². The minimum atomic E-state index is 0.0483. The van der Waals surface area contributed by atoms with Crippen molar-refractivity contribution in [1.82, 2.24) is 14.5 Å². The van der Waals surface area contributed by atoms with Crippen LogP contribution in [0.2, 0.25) is 0 Å². The number of aromatic nitrogens is 2. The lowest BCUT2D eigenvalue weighted by Gasteiger charge is -2.19. The fraction of sp³-hybridized carbons (Fsp3) is 0.529. The van der Waals surface area contributed by atoms with Crippen molar-refractivity contribution in [3.8, 4) is 0 Å². The van der Waals surface area contributed by atoms with Crippen molar-refractivity contribution in [1.29, 1.82) is 0 Å². The summed E-state index contributed by atoms with van der Waals surface area (Å²) in [4.78, 5) is 19.4. The SMILES string of the molecule is CCc1ccc2ncn(C[C@H]3COCCN(C)C3)c(=O)c2c1. The van der Waals surface area contributed by atoms with E-state index in [-0.39, 0.29) is 5.56 Å². The minimum absolute atomic E-state index is 0.0483. The summed E-state index contributed by atoms with van der Waals surface area (Å²) in [5.74, 6) is 0.318. The molecule has 1 atom stereocenters. The molecule has 1 aromatic carbocycles. The van der Waals surface area contributed by atoms with E-state index in [9.17, 15) is 4.79 Å². The van der Waals surface area contributed by atoms with Crippen molar-refractivity contribution in [2.45, 2.75) is 19.9 Å². The van der Waals surface area contributed by atoms with E-state index >= 15 is 0 Å². The van der Waals surface area contributed by atoms with Gasteiger partial charge in [0.05, 0.1) is 30.4 Å². The molecular weight excluding hydrogens is 278 g/mol. The molecule has 0 saturated carbocycles. The van der Waals surface area contributed by atoms with Crippen LogP contribution in [0.25, 0.3) is 10.9 Å². The molecule has 118 valence electrons. The van der Waals surface area contributed by atoms with E-state index in [1.165, 1.54) is 5.56 Å². The average Bonchev–Trinajstić information content (AvgIpc) is 2.74. The highest BCUT2D eigenvalue weighted by Gasteiger charge is 2.17. The number of hydrogen-bond acceptors (Lipinski definition) is 4. The van der Waals surface area contributed by atoms with Crippen LogP contribution in [0.1, 0.15) is 12.5 Å². The van der Waals surface area contributed by atoms with Crippen molar-refractivity contribution in [3.63, 3.8) is 0 Å². The van der Waals surface area contributed by atoms with E-state index in [0.29, 0.717) is 24.5 Å². The van der Waals surface area contributed by atoms with Gasteiger partial charge < -0.3 is 9.64 Å². The number of likely N-dealkylation sites (N-methyl/N-ethyl adjacent to an activating group) is 1. The zero-order valence-corrected chi connectivity index (χ0v) is 13.3. The van der Waals surface area contributed by atoms with Gasteiger partial charge in [-0.15, -0.1) is 0 Å². The maximum Gasteiger partial charge on any atom is 0.261 e. The fourth-order valence-corrected chi connectivity index (χ4v) is 3.00. The van der Waals surface area contributed by atoms with E-state index < -0.39 is 0 Å². The maximum atomic E-state index is 12.7. The van der Waals surface area contributed by atoms with Crippen LogP contribution in [-0.2, 0) is 17.7 Å². The van der Waals surface area contributed by atoms with Crippen LogP contribution >= 0.6 is 0 Å². The monoisotopic (exact) mass is 301 g/mol. The van der Waals surface area contributed by atoms with E-state index in [4.69, 9.17) is 4.74 Å². The first-order chi connectivity index (χ1) is 10.7. The third-order valence-corrected chi connectivity index (χ3v) is 4.29. The molecule has 0 N–H and O–H groups in total. The van der Waals surface area contributed by atoms with Gasteiger partial charge >= 0.3 is 0 Å². The number of fused-ring (bicyclic) bond motifs is 1. The Hall–Kier alpha value is -1.72. The largest absolute Gasteiger partial charge is 0.380 e. The van der Waals surface area contributed by atoms with Gasteiger partial charge in [-0.25, -0.2) is 4.98 Å². The minimum Gasteiger partial charge on any atom is -0.380 e. The zero-order chi connectivity index (χ0) is 15.5. The van der Waals surface area contributed by atoms with Crippen LogP contribution in [0.5, 0.6) is 0 Å². The standard InChI is InChI=1S/C17H23N3O2/c1-3-13-4-5-16-15(8-13)17(21)20(12-18-16)10-14-9-19(2)6-7-22-11-14/h4-5,8,12,14H,3,6-7,9-11H2,1-2H3/t14-/m0/s1. The summed E-state index contributed by atoms with van der Waals surface area (Å²) in [7, 11) is 2.09. The zero-order valence-electron chi connectivity index (χ0n) is 13.3. The van der Waals surface area contributed by atoms with E-state index in [1.54, 1.807) is 10.9 Å². The van der Waals surface area contributed by atoms with Crippen LogP contribution in [0.15, 0.2) is 29.3 Å². The van der Waals surface area contributed by atoms with Crippen LogP contribution in [0.4, 0.5) is 0 Å². The highest BCUT2D eigenvalue weighted by Crippen LogP contribution is 2.12. The van der Waals surface area contributed by atoms with Gasteiger partial charge in [-0.1, -0.05) is 13.0 Å².